The molecule has 3 aromatic carbocycles. The van der Waals surface area contributed by atoms with E-state index in [0.717, 1.165) is 12.4 Å². The molecule has 3 nitrogen and oxygen atoms in total. The normalized spacial score (nSPS) is 12.4. The third-order valence-electron chi connectivity index (χ3n) is 4.57. The Bertz CT molecular complexity index is 973. The number of nitrogens with zero attached hydrogens (tertiary/aromatic N) is 2. The number of hydrogen-bond acceptors (Lipinski definition) is 2. The van der Waals surface area contributed by atoms with E-state index in [-0.39, 0.29) is 6.04 Å². The van der Waals surface area contributed by atoms with Crippen LogP contribution >= 0.6 is 0 Å². The summed E-state index contributed by atoms with van der Waals surface area (Å²) in [4.78, 5) is 4.56. The lowest BCUT2D eigenvalue weighted by Gasteiger charge is -2.19. The first-order valence-corrected chi connectivity index (χ1v) is 8.54. The van der Waals surface area contributed by atoms with Crippen LogP contribution in [-0.4, -0.2) is 9.55 Å². The first-order chi connectivity index (χ1) is 12.3. The van der Waals surface area contributed by atoms with Crippen LogP contribution in [0.2, 0.25) is 0 Å². The first-order valence-electron chi connectivity index (χ1n) is 8.54. The van der Waals surface area contributed by atoms with Crippen molar-refractivity contribution in [2.24, 2.45) is 7.05 Å². The molecule has 0 aliphatic rings. The van der Waals surface area contributed by atoms with Crippen LogP contribution in [0.15, 0.2) is 85.2 Å². The average molecular weight is 327 g/mol. The molecule has 0 fully saturated rings. The van der Waals surface area contributed by atoms with Crippen molar-refractivity contribution in [1.29, 1.82) is 0 Å². The number of aryl methyl sites for hydroxylation is 1. The summed E-state index contributed by atoms with van der Waals surface area (Å²) >= 11 is 0. The van der Waals surface area contributed by atoms with Crippen LogP contribution in [0.5, 0.6) is 0 Å². The summed E-state index contributed by atoms with van der Waals surface area (Å²) in [5, 5.41) is 6.22. The second-order valence-electron chi connectivity index (χ2n) is 6.30. The molecule has 0 saturated carbocycles. The van der Waals surface area contributed by atoms with Gasteiger partial charge in [0.2, 0.25) is 0 Å². The molecule has 1 N–H and O–H groups in total. The second-order valence-corrected chi connectivity index (χ2v) is 6.30. The minimum absolute atomic E-state index is 0.0627. The Kier molecular flexibility index (Phi) is 4.32. The largest absolute Gasteiger partial charge is 0.336 e. The van der Waals surface area contributed by atoms with Gasteiger partial charge in [0.15, 0.2) is 0 Å². The Morgan fingerprint density at radius 2 is 1.68 bits per heavy atom. The van der Waals surface area contributed by atoms with Gasteiger partial charge in [0.1, 0.15) is 5.82 Å². The molecule has 0 unspecified atom stereocenters. The first kappa shape index (κ1) is 15.6. The minimum atomic E-state index is 0.0627. The summed E-state index contributed by atoms with van der Waals surface area (Å²) in [6.07, 6.45) is 3.84. The van der Waals surface area contributed by atoms with Crippen molar-refractivity contribution >= 4 is 10.8 Å². The van der Waals surface area contributed by atoms with E-state index in [4.69, 9.17) is 0 Å². The summed E-state index contributed by atoms with van der Waals surface area (Å²) in [5.41, 5.74) is 2.49. The predicted molar refractivity (Wildman–Crippen MR) is 102 cm³/mol. The van der Waals surface area contributed by atoms with E-state index in [9.17, 15) is 0 Å². The highest BCUT2D eigenvalue weighted by Crippen LogP contribution is 2.22. The number of aromatic nitrogens is 2. The van der Waals surface area contributed by atoms with E-state index in [1.807, 2.05) is 25.5 Å². The third-order valence-corrected chi connectivity index (χ3v) is 4.57. The second kappa shape index (κ2) is 6.91. The molecule has 0 aliphatic carbocycles. The summed E-state index contributed by atoms with van der Waals surface area (Å²) in [7, 11) is 2.04. The van der Waals surface area contributed by atoms with Crippen LogP contribution < -0.4 is 5.32 Å². The van der Waals surface area contributed by atoms with E-state index >= 15 is 0 Å². The molecule has 0 spiro atoms. The molecule has 0 radical (unpaired) electrons. The van der Waals surface area contributed by atoms with Crippen molar-refractivity contribution < 1.29 is 0 Å². The maximum absolute atomic E-state index is 4.56. The fourth-order valence-electron chi connectivity index (χ4n) is 3.23. The van der Waals surface area contributed by atoms with Gasteiger partial charge in [0.05, 0.1) is 6.04 Å². The van der Waals surface area contributed by atoms with Gasteiger partial charge in [-0.1, -0.05) is 66.7 Å². The standard InChI is InChI=1S/C22H21N3/c1-25-14-13-23-22(25)21(19-8-3-2-4-9-19)24-16-17-11-12-18-7-5-6-10-20(18)15-17/h2-15,21,24H,16H2,1H3/t21-/m1/s1. The van der Waals surface area contributed by atoms with E-state index in [0.29, 0.717) is 0 Å². The smallest absolute Gasteiger partial charge is 0.130 e. The van der Waals surface area contributed by atoms with Crippen molar-refractivity contribution in [3.05, 3.63) is 102 Å². The van der Waals surface area contributed by atoms with Crippen LogP contribution in [0.3, 0.4) is 0 Å². The number of imidazole rings is 1. The van der Waals surface area contributed by atoms with Gasteiger partial charge in [0, 0.05) is 26.0 Å². The molecule has 25 heavy (non-hydrogen) atoms. The van der Waals surface area contributed by atoms with Gasteiger partial charge >= 0.3 is 0 Å². The van der Waals surface area contributed by atoms with Gasteiger partial charge in [-0.05, 0) is 28.0 Å². The van der Waals surface area contributed by atoms with Gasteiger partial charge in [-0.2, -0.15) is 0 Å². The number of fused-ring (bicyclic) bond motifs is 1. The van der Waals surface area contributed by atoms with Gasteiger partial charge in [-0.25, -0.2) is 4.98 Å². The molecule has 0 bridgehead atoms. The quantitative estimate of drug-likeness (QED) is 0.587. The topological polar surface area (TPSA) is 29.9 Å². The SMILES string of the molecule is Cn1ccnc1[C@H](NCc1ccc2ccccc2c1)c1ccccc1. The lowest BCUT2D eigenvalue weighted by Crippen LogP contribution is -2.24. The predicted octanol–water partition coefficient (Wildman–Crippen LogP) is 4.45. The van der Waals surface area contributed by atoms with Gasteiger partial charge < -0.3 is 4.57 Å². The molecule has 1 atom stereocenters. The minimum Gasteiger partial charge on any atom is -0.336 e. The molecule has 1 aromatic heterocycles. The van der Waals surface area contributed by atoms with Crippen LogP contribution in [0, 0.1) is 0 Å². The van der Waals surface area contributed by atoms with E-state index in [1.165, 1.54) is 21.9 Å². The Morgan fingerprint density at radius 3 is 2.44 bits per heavy atom. The number of rotatable bonds is 5. The average Bonchev–Trinajstić information content (AvgIpc) is 3.08. The van der Waals surface area contributed by atoms with Crippen molar-refractivity contribution in [1.82, 2.24) is 14.9 Å². The molecule has 0 saturated heterocycles. The zero-order valence-electron chi connectivity index (χ0n) is 14.3. The lowest BCUT2D eigenvalue weighted by atomic mass is 10.0. The summed E-state index contributed by atoms with van der Waals surface area (Å²) < 4.78 is 2.07. The monoisotopic (exact) mass is 327 g/mol. The molecule has 4 rings (SSSR count). The number of benzene rings is 3. The van der Waals surface area contributed by atoms with Gasteiger partial charge in [0.25, 0.3) is 0 Å². The van der Waals surface area contributed by atoms with Crippen LogP contribution in [0.4, 0.5) is 0 Å². The van der Waals surface area contributed by atoms with Gasteiger partial charge in [-0.15, -0.1) is 0 Å². The molecule has 1 heterocycles. The molecule has 0 aliphatic heterocycles. The maximum Gasteiger partial charge on any atom is 0.130 e. The highest BCUT2D eigenvalue weighted by Gasteiger charge is 2.17. The zero-order valence-corrected chi connectivity index (χ0v) is 14.3. The molecule has 124 valence electrons. The molecule has 3 heteroatoms. The highest BCUT2D eigenvalue weighted by molar-refractivity contribution is 5.82. The number of hydrogen-bond donors (Lipinski definition) is 1. The third kappa shape index (κ3) is 3.32. The maximum atomic E-state index is 4.56. The molecule has 4 aromatic rings. The molecular formula is C22H21N3. The molecular weight excluding hydrogens is 306 g/mol. The van der Waals surface area contributed by atoms with Crippen LogP contribution in [-0.2, 0) is 13.6 Å². The summed E-state index contributed by atoms with van der Waals surface area (Å²) in [6, 6.07) is 25.6. The fraction of sp³-hybridized carbons (Fsp3) is 0.136. The molecule has 0 amide bonds. The zero-order chi connectivity index (χ0) is 17.1. The highest BCUT2D eigenvalue weighted by atomic mass is 15.1. The summed E-state index contributed by atoms with van der Waals surface area (Å²) in [5.74, 6) is 1.02. The van der Waals surface area contributed by atoms with E-state index in [1.54, 1.807) is 0 Å². The van der Waals surface area contributed by atoms with Crippen molar-refractivity contribution in [3.63, 3.8) is 0 Å². The van der Waals surface area contributed by atoms with Crippen molar-refractivity contribution in [3.8, 4) is 0 Å². The van der Waals surface area contributed by atoms with E-state index in [2.05, 4.69) is 81.6 Å². The van der Waals surface area contributed by atoms with Crippen molar-refractivity contribution in [2.75, 3.05) is 0 Å². The van der Waals surface area contributed by atoms with Crippen LogP contribution in [0.25, 0.3) is 10.8 Å². The lowest BCUT2D eigenvalue weighted by molar-refractivity contribution is 0.558. The number of nitrogens with one attached hydrogen (secondary N) is 1. The van der Waals surface area contributed by atoms with Crippen LogP contribution in [0.1, 0.15) is 23.0 Å². The Hall–Kier alpha value is -2.91. The van der Waals surface area contributed by atoms with Crippen molar-refractivity contribution in [2.45, 2.75) is 12.6 Å². The van der Waals surface area contributed by atoms with Gasteiger partial charge in [-0.3, -0.25) is 5.32 Å². The fourth-order valence-corrected chi connectivity index (χ4v) is 3.23. The summed E-state index contributed by atoms with van der Waals surface area (Å²) in [6.45, 7) is 0.789. The van der Waals surface area contributed by atoms with E-state index < -0.39 is 0 Å². The Labute approximate surface area is 148 Å². The Balaban J connectivity index is 1.61. The Morgan fingerprint density at radius 1 is 0.920 bits per heavy atom.